The quantitative estimate of drug-likeness (QED) is 0.750. The fourth-order valence-corrected chi connectivity index (χ4v) is 2.52. The highest BCUT2D eigenvalue weighted by molar-refractivity contribution is 6.33. The third-order valence-corrected chi connectivity index (χ3v) is 3.63. The van der Waals surface area contributed by atoms with E-state index in [9.17, 15) is 13.2 Å². The second-order valence-electron chi connectivity index (χ2n) is 4.88. The average Bonchev–Trinajstić information content (AvgIpc) is 2.42. The summed E-state index contributed by atoms with van der Waals surface area (Å²) in [7, 11) is 0. The van der Waals surface area contributed by atoms with Crippen LogP contribution in [-0.4, -0.2) is 0 Å². The third kappa shape index (κ3) is 3.50. The highest BCUT2D eigenvalue weighted by Gasteiger charge is 2.34. The summed E-state index contributed by atoms with van der Waals surface area (Å²) < 4.78 is 39.2. The Hall–Kier alpha value is -1.68. The van der Waals surface area contributed by atoms with E-state index in [1.54, 1.807) is 25.1 Å². The van der Waals surface area contributed by atoms with Crippen molar-refractivity contribution in [2.75, 3.05) is 5.32 Å². The van der Waals surface area contributed by atoms with Gasteiger partial charge in [0.15, 0.2) is 0 Å². The lowest BCUT2D eigenvalue weighted by Gasteiger charge is -2.22. The lowest BCUT2D eigenvalue weighted by Crippen LogP contribution is -2.15. The summed E-state index contributed by atoms with van der Waals surface area (Å²) in [6.45, 7) is 3.55. The highest BCUT2D eigenvalue weighted by Crippen LogP contribution is 2.36. The van der Waals surface area contributed by atoms with Crippen LogP contribution in [0.2, 0.25) is 5.02 Å². The van der Waals surface area contributed by atoms with E-state index in [0.29, 0.717) is 10.7 Å². The summed E-state index contributed by atoms with van der Waals surface area (Å²) in [6.07, 6.45) is -4.37. The van der Waals surface area contributed by atoms with Crippen LogP contribution in [-0.2, 0) is 6.18 Å². The number of hydrogen-bond donors (Lipinski definition) is 1. The topological polar surface area (TPSA) is 12.0 Å². The molecule has 0 radical (unpaired) electrons. The van der Waals surface area contributed by atoms with Gasteiger partial charge in [-0.05, 0) is 37.1 Å². The number of aryl methyl sites for hydroxylation is 1. The molecule has 112 valence electrons. The second kappa shape index (κ2) is 5.98. The van der Waals surface area contributed by atoms with Crippen molar-refractivity contribution in [3.63, 3.8) is 0 Å². The van der Waals surface area contributed by atoms with Crippen LogP contribution in [0.25, 0.3) is 0 Å². The number of hydrogen-bond acceptors (Lipinski definition) is 1. The largest absolute Gasteiger partial charge is 0.416 e. The first kappa shape index (κ1) is 15.7. The number of halogens is 4. The van der Waals surface area contributed by atoms with Gasteiger partial charge in [0.2, 0.25) is 0 Å². The summed E-state index contributed by atoms with van der Waals surface area (Å²) in [4.78, 5) is 0. The molecular formula is C16H15ClF3N. The molecule has 0 aliphatic rings. The fourth-order valence-electron chi connectivity index (χ4n) is 2.24. The zero-order valence-electron chi connectivity index (χ0n) is 11.6. The van der Waals surface area contributed by atoms with E-state index < -0.39 is 17.8 Å². The summed E-state index contributed by atoms with van der Waals surface area (Å²) in [6, 6.07) is 10.4. The maximum Gasteiger partial charge on any atom is 0.416 e. The van der Waals surface area contributed by atoms with Crippen LogP contribution in [0, 0.1) is 6.92 Å². The van der Waals surface area contributed by atoms with Gasteiger partial charge in [-0.25, -0.2) is 0 Å². The molecule has 0 aliphatic carbocycles. The number of benzene rings is 2. The van der Waals surface area contributed by atoms with E-state index in [0.717, 1.165) is 11.6 Å². The second-order valence-corrected chi connectivity index (χ2v) is 5.29. The zero-order valence-corrected chi connectivity index (χ0v) is 12.4. The van der Waals surface area contributed by atoms with Crippen molar-refractivity contribution in [3.05, 3.63) is 64.2 Å². The van der Waals surface area contributed by atoms with Crippen LogP contribution in [0.3, 0.4) is 0 Å². The average molecular weight is 314 g/mol. The summed E-state index contributed by atoms with van der Waals surface area (Å²) in [5.41, 5.74) is 1.11. The summed E-state index contributed by atoms with van der Waals surface area (Å²) in [5.74, 6) is 0. The highest BCUT2D eigenvalue weighted by atomic mass is 35.5. The van der Waals surface area contributed by atoms with Crippen molar-refractivity contribution in [1.29, 1.82) is 0 Å². The van der Waals surface area contributed by atoms with Crippen LogP contribution in [0.1, 0.15) is 29.7 Å². The van der Waals surface area contributed by atoms with Crippen molar-refractivity contribution in [2.45, 2.75) is 26.1 Å². The third-order valence-electron chi connectivity index (χ3n) is 3.32. The monoisotopic (exact) mass is 313 g/mol. The number of anilines is 1. The van der Waals surface area contributed by atoms with Crippen LogP contribution in [0.4, 0.5) is 18.9 Å². The van der Waals surface area contributed by atoms with Gasteiger partial charge in [0.25, 0.3) is 0 Å². The Bertz CT molecular complexity index is 617. The van der Waals surface area contributed by atoms with Gasteiger partial charge in [-0.1, -0.05) is 41.9 Å². The van der Waals surface area contributed by atoms with Gasteiger partial charge in [-0.15, -0.1) is 0 Å². The lowest BCUT2D eigenvalue weighted by atomic mass is 10.0. The minimum Gasteiger partial charge on any atom is -0.377 e. The molecule has 0 bridgehead atoms. The van der Waals surface area contributed by atoms with E-state index in [4.69, 9.17) is 11.6 Å². The van der Waals surface area contributed by atoms with Crippen molar-refractivity contribution >= 4 is 17.3 Å². The molecule has 2 aromatic rings. The molecular weight excluding hydrogens is 299 g/mol. The van der Waals surface area contributed by atoms with Gasteiger partial charge >= 0.3 is 6.18 Å². The Balaban J connectivity index is 2.36. The predicted octanol–water partition coefficient (Wildman–Crippen LogP) is 5.84. The van der Waals surface area contributed by atoms with E-state index >= 15 is 0 Å². The molecule has 0 amide bonds. The van der Waals surface area contributed by atoms with Gasteiger partial charge in [-0.2, -0.15) is 13.2 Å². The molecule has 21 heavy (non-hydrogen) atoms. The molecule has 1 nitrogen and oxygen atoms in total. The predicted molar refractivity (Wildman–Crippen MR) is 79.7 cm³/mol. The molecule has 0 saturated carbocycles. The zero-order chi connectivity index (χ0) is 15.6. The number of alkyl halides is 3. The van der Waals surface area contributed by atoms with Gasteiger partial charge in [0, 0.05) is 6.04 Å². The van der Waals surface area contributed by atoms with Gasteiger partial charge in [-0.3, -0.25) is 0 Å². The first-order valence-corrected chi connectivity index (χ1v) is 6.86. The molecule has 2 rings (SSSR count). The molecule has 1 N–H and O–H groups in total. The van der Waals surface area contributed by atoms with E-state index in [1.807, 2.05) is 13.0 Å². The Morgan fingerprint density at radius 1 is 1.05 bits per heavy atom. The Kier molecular flexibility index (Phi) is 4.47. The van der Waals surface area contributed by atoms with E-state index in [1.165, 1.54) is 12.1 Å². The molecule has 1 unspecified atom stereocenters. The Morgan fingerprint density at radius 3 is 2.33 bits per heavy atom. The molecule has 0 aliphatic heterocycles. The molecule has 5 heteroatoms. The molecule has 0 spiro atoms. The van der Waals surface area contributed by atoms with Crippen LogP contribution in [0.5, 0.6) is 0 Å². The SMILES string of the molecule is Cc1cccc(Cl)c1NC(C)c1ccccc1C(F)(F)F. The number of rotatable bonds is 3. The molecule has 0 aromatic heterocycles. The molecule has 0 fully saturated rings. The van der Waals surface area contributed by atoms with Crippen molar-refractivity contribution in [3.8, 4) is 0 Å². The van der Waals surface area contributed by atoms with Crippen LogP contribution < -0.4 is 5.32 Å². The standard InChI is InChI=1S/C16H15ClF3N/c1-10-6-5-9-14(17)15(10)21-11(2)12-7-3-4-8-13(12)16(18,19)20/h3-9,11,21H,1-2H3. The van der Waals surface area contributed by atoms with Gasteiger partial charge in [0.1, 0.15) is 0 Å². The minimum absolute atomic E-state index is 0.198. The first-order valence-electron chi connectivity index (χ1n) is 6.48. The summed E-state index contributed by atoms with van der Waals surface area (Å²) >= 11 is 6.11. The minimum atomic E-state index is -4.37. The van der Waals surface area contributed by atoms with Crippen molar-refractivity contribution in [2.24, 2.45) is 0 Å². The van der Waals surface area contributed by atoms with Crippen molar-refractivity contribution < 1.29 is 13.2 Å². The molecule has 0 saturated heterocycles. The van der Waals surface area contributed by atoms with Gasteiger partial charge in [0.05, 0.1) is 16.3 Å². The molecule has 1 atom stereocenters. The van der Waals surface area contributed by atoms with Gasteiger partial charge < -0.3 is 5.32 Å². The van der Waals surface area contributed by atoms with E-state index in [2.05, 4.69) is 5.32 Å². The van der Waals surface area contributed by atoms with Crippen molar-refractivity contribution in [1.82, 2.24) is 0 Å². The maximum atomic E-state index is 13.1. The normalized spacial score (nSPS) is 13.0. The van der Waals surface area contributed by atoms with Crippen LogP contribution in [0.15, 0.2) is 42.5 Å². The maximum absolute atomic E-state index is 13.1. The van der Waals surface area contributed by atoms with Crippen LogP contribution >= 0.6 is 11.6 Å². The lowest BCUT2D eigenvalue weighted by molar-refractivity contribution is -0.138. The first-order chi connectivity index (χ1) is 9.80. The Morgan fingerprint density at radius 2 is 1.71 bits per heavy atom. The Labute approximate surface area is 126 Å². The fraction of sp³-hybridized carbons (Fsp3) is 0.250. The molecule has 0 heterocycles. The van der Waals surface area contributed by atoms with E-state index in [-0.39, 0.29) is 5.56 Å². The molecule has 2 aromatic carbocycles. The summed E-state index contributed by atoms with van der Waals surface area (Å²) in [5, 5.41) is 3.57. The number of nitrogens with one attached hydrogen (secondary N) is 1. The number of para-hydroxylation sites is 1. The smallest absolute Gasteiger partial charge is 0.377 e.